The molecule has 45 heavy (non-hydrogen) atoms. The molecule has 2 saturated carbocycles. The molecule has 1 aromatic rings. The first kappa shape index (κ1) is 36.5. The quantitative estimate of drug-likeness (QED) is 0.100. The third kappa shape index (κ3) is 8.79. The van der Waals surface area contributed by atoms with E-state index in [-0.39, 0.29) is 23.9 Å². The van der Waals surface area contributed by atoms with Crippen LogP contribution >= 0.6 is 0 Å². The molecule has 0 spiro atoms. The standard InChI is InChI=1S/C34H51F5O5S/c1-32-16-14-27-26-13-12-25(44-22-43-2)20-24(26)19-23(30(27)28(32)21-29(40)31(32)41)11-8-6-4-3-5-7-9-17-45(42)18-10-15-33(35,36)34(37,38)39/h12-13,20,23,27-31,40-41H,3-11,14-19,21-22H2,1-2H3/t23-,27-,28+,29+,30-,31+,32+,45?/m1/s1. The number of ether oxygens (including phenoxy) is 2. The van der Waals surface area contributed by atoms with Crippen molar-refractivity contribution in [2.24, 2.45) is 23.2 Å². The van der Waals surface area contributed by atoms with Crippen molar-refractivity contribution in [2.75, 3.05) is 25.4 Å². The summed E-state index contributed by atoms with van der Waals surface area (Å²) in [6.07, 6.45) is 2.88. The van der Waals surface area contributed by atoms with Crippen LogP contribution in [0.3, 0.4) is 0 Å². The molecule has 4 rings (SSSR count). The average molecular weight is 667 g/mol. The van der Waals surface area contributed by atoms with E-state index in [1.54, 1.807) is 7.11 Å². The minimum atomic E-state index is -5.55. The largest absolute Gasteiger partial charge is 0.468 e. The molecule has 0 bridgehead atoms. The molecule has 2 fully saturated rings. The van der Waals surface area contributed by atoms with Crippen LogP contribution in [0.2, 0.25) is 0 Å². The molecule has 11 heteroatoms. The predicted octanol–water partition coefficient (Wildman–Crippen LogP) is 7.93. The summed E-state index contributed by atoms with van der Waals surface area (Å²) < 4.78 is 85.6. The lowest BCUT2D eigenvalue weighted by Gasteiger charge is -2.53. The highest BCUT2D eigenvalue weighted by molar-refractivity contribution is 7.84. The molecule has 258 valence electrons. The molecule has 0 saturated heterocycles. The maximum atomic E-state index is 13.0. The normalized spacial score (nSPS) is 30.4. The lowest BCUT2D eigenvalue weighted by atomic mass is 9.52. The van der Waals surface area contributed by atoms with Gasteiger partial charge in [0.15, 0.2) is 6.79 Å². The summed E-state index contributed by atoms with van der Waals surface area (Å²) in [6.45, 7) is 2.38. The number of aliphatic hydroxyl groups excluding tert-OH is 2. The molecular formula is C34H51F5O5S. The molecule has 0 amide bonds. The minimum Gasteiger partial charge on any atom is -0.468 e. The van der Waals surface area contributed by atoms with Crippen molar-refractivity contribution in [3.05, 3.63) is 29.3 Å². The van der Waals surface area contributed by atoms with E-state index in [2.05, 4.69) is 19.1 Å². The van der Waals surface area contributed by atoms with Crippen molar-refractivity contribution in [3.8, 4) is 5.75 Å². The first-order chi connectivity index (χ1) is 21.3. The van der Waals surface area contributed by atoms with E-state index in [4.69, 9.17) is 9.47 Å². The van der Waals surface area contributed by atoms with Crippen molar-refractivity contribution >= 4 is 10.8 Å². The van der Waals surface area contributed by atoms with Crippen molar-refractivity contribution in [1.82, 2.24) is 0 Å². The van der Waals surface area contributed by atoms with Gasteiger partial charge in [-0.25, -0.2) is 0 Å². The van der Waals surface area contributed by atoms with Gasteiger partial charge >= 0.3 is 12.1 Å². The minimum absolute atomic E-state index is 0.126. The van der Waals surface area contributed by atoms with Gasteiger partial charge < -0.3 is 19.7 Å². The van der Waals surface area contributed by atoms with Crippen LogP contribution in [0.25, 0.3) is 0 Å². The summed E-state index contributed by atoms with van der Waals surface area (Å²) in [6, 6.07) is 6.40. The zero-order valence-electron chi connectivity index (χ0n) is 26.6. The Bertz CT molecular complexity index is 1120. The third-order valence-electron chi connectivity index (χ3n) is 10.9. The van der Waals surface area contributed by atoms with Crippen LogP contribution in [0.15, 0.2) is 18.2 Å². The molecule has 0 aromatic heterocycles. The number of unbranched alkanes of at least 4 members (excludes halogenated alkanes) is 6. The third-order valence-corrected chi connectivity index (χ3v) is 12.4. The van der Waals surface area contributed by atoms with E-state index < -0.39 is 47.9 Å². The molecule has 8 atom stereocenters. The average Bonchev–Trinajstić information content (AvgIpc) is 3.22. The number of methoxy groups -OCH3 is 1. The number of halogens is 5. The van der Waals surface area contributed by atoms with E-state index in [1.165, 1.54) is 11.1 Å². The number of alkyl halides is 5. The van der Waals surface area contributed by atoms with Crippen LogP contribution in [-0.4, -0.2) is 64.1 Å². The zero-order chi connectivity index (χ0) is 32.8. The van der Waals surface area contributed by atoms with Gasteiger partial charge in [0.25, 0.3) is 0 Å². The van der Waals surface area contributed by atoms with E-state index in [0.717, 1.165) is 70.0 Å². The van der Waals surface area contributed by atoms with Gasteiger partial charge in [0, 0.05) is 35.8 Å². The Morgan fingerprint density at radius 1 is 0.978 bits per heavy atom. The lowest BCUT2D eigenvalue weighted by molar-refractivity contribution is -0.284. The fourth-order valence-corrected chi connectivity index (χ4v) is 9.71. The van der Waals surface area contributed by atoms with Gasteiger partial charge in [0.1, 0.15) is 5.75 Å². The first-order valence-corrected chi connectivity index (χ1v) is 18.2. The predicted molar refractivity (Wildman–Crippen MR) is 165 cm³/mol. The fraction of sp³-hybridized carbons (Fsp3) is 0.824. The number of aliphatic hydroxyl groups is 2. The summed E-state index contributed by atoms with van der Waals surface area (Å²) in [5, 5.41) is 21.6. The molecule has 1 unspecified atom stereocenters. The number of rotatable bonds is 17. The van der Waals surface area contributed by atoms with Crippen molar-refractivity contribution < 1.29 is 45.8 Å². The zero-order valence-corrected chi connectivity index (χ0v) is 27.5. The van der Waals surface area contributed by atoms with Gasteiger partial charge in [-0.3, -0.25) is 4.21 Å². The van der Waals surface area contributed by atoms with Crippen molar-refractivity contribution in [2.45, 2.75) is 127 Å². The van der Waals surface area contributed by atoms with Crippen LogP contribution in [0.1, 0.15) is 107 Å². The maximum Gasteiger partial charge on any atom is 0.453 e. The Morgan fingerprint density at radius 2 is 1.64 bits per heavy atom. The lowest BCUT2D eigenvalue weighted by Crippen LogP contribution is -2.47. The van der Waals surface area contributed by atoms with Gasteiger partial charge in [-0.15, -0.1) is 0 Å². The topological polar surface area (TPSA) is 76.0 Å². The van der Waals surface area contributed by atoms with Crippen LogP contribution < -0.4 is 4.74 Å². The van der Waals surface area contributed by atoms with Crippen molar-refractivity contribution in [1.29, 1.82) is 0 Å². The van der Waals surface area contributed by atoms with E-state index in [0.29, 0.717) is 36.3 Å². The summed E-state index contributed by atoms with van der Waals surface area (Å²) in [5.41, 5.74) is 2.47. The van der Waals surface area contributed by atoms with Gasteiger partial charge in [0.05, 0.1) is 12.2 Å². The molecule has 3 aliphatic rings. The molecule has 1 aromatic carbocycles. The second kappa shape index (κ2) is 15.7. The second-order valence-corrected chi connectivity index (χ2v) is 15.6. The first-order valence-electron chi connectivity index (χ1n) is 16.7. The Balaban J connectivity index is 1.21. The number of hydrogen-bond acceptors (Lipinski definition) is 5. The van der Waals surface area contributed by atoms with E-state index in [9.17, 15) is 36.4 Å². The van der Waals surface area contributed by atoms with Crippen LogP contribution in [-0.2, 0) is 22.0 Å². The summed E-state index contributed by atoms with van der Waals surface area (Å²) >= 11 is 0. The fourth-order valence-electron chi connectivity index (χ4n) is 8.51. The monoisotopic (exact) mass is 666 g/mol. The Morgan fingerprint density at radius 3 is 2.33 bits per heavy atom. The molecule has 3 aliphatic carbocycles. The smallest absolute Gasteiger partial charge is 0.453 e. The molecular weight excluding hydrogens is 615 g/mol. The molecule has 2 N–H and O–H groups in total. The number of fused-ring (bicyclic) bond motifs is 5. The van der Waals surface area contributed by atoms with Gasteiger partial charge in [-0.2, -0.15) is 22.0 Å². The van der Waals surface area contributed by atoms with Gasteiger partial charge in [-0.05, 0) is 97.3 Å². The Hall–Kier alpha value is -1.30. The summed E-state index contributed by atoms with van der Waals surface area (Å²) in [5.74, 6) is -2.10. The highest BCUT2D eigenvalue weighted by Gasteiger charge is 2.59. The Labute approximate surface area is 267 Å². The van der Waals surface area contributed by atoms with Gasteiger partial charge in [0.2, 0.25) is 0 Å². The maximum absolute atomic E-state index is 13.0. The molecule has 0 radical (unpaired) electrons. The molecule has 0 heterocycles. The second-order valence-electron chi connectivity index (χ2n) is 13.9. The number of benzene rings is 1. The highest BCUT2D eigenvalue weighted by Crippen LogP contribution is 2.62. The van der Waals surface area contributed by atoms with E-state index >= 15 is 0 Å². The SMILES string of the molecule is COCOc1ccc2c(c1)C[C@@H](CCCCCCCCCS(=O)CCCC(F)(F)C(F)(F)F)[C@@H]1[C@@H]2CC[C@]2(C)[C@@H](O)[C@@H](O)C[C@@H]12. The molecule has 0 aliphatic heterocycles. The summed E-state index contributed by atoms with van der Waals surface area (Å²) in [4.78, 5) is 0. The van der Waals surface area contributed by atoms with Crippen LogP contribution in [0.4, 0.5) is 22.0 Å². The van der Waals surface area contributed by atoms with Crippen LogP contribution in [0.5, 0.6) is 5.75 Å². The van der Waals surface area contributed by atoms with Crippen molar-refractivity contribution in [3.63, 3.8) is 0 Å². The van der Waals surface area contributed by atoms with E-state index in [1.807, 2.05) is 6.07 Å². The summed E-state index contributed by atoms with van der Waals surface area (Å²) in [7, 11) is 0.232. The van der Waals surface area contributed by atoms with Gasteiger partial charge in [-0.1, -0.05) is 51.5 Å². The van der Waals surface area contributed by atoms with Crippen LogP contribution in [0, 0.1) is 23.2 Å². The Kier molecular flexibility index (Phi) is 12.8. The molecule has 5 nitrogen and oxygen atoms in total. The number of hydrogen-bond donors (Lipinski definition) is 2. The highest BCUT2D eigenvalue weighted by atomic mass is 32.2.